The second-order valence-corrected chi connectivity index (χ2v) is 6.46. The van der Waals surface area contributed by atoms with Crippen molar-refractivity contribution in [3.8, 4) is 0 Å². The molecule has 1 N–H and O–H groups in total. The van der Waals surface area contributed by atoms with Gasteiger partial charge < -0.3 is 18.8 Å². The Morgan fingerprint density at radius 2 is 2.12 bits per heavy atom. The zero-order valence-corrected chi connectivity index (χ0v) is 14.6. The van der Waals surface area contributed by atoms with Crippen molar-refractivity contribution in [1.29, 1.82) is 0 Å². The summed E-state index contributed by atoms with van der Waals surface area (Å²) in [6, 6.07) is 3.77. The van der Waals surface area contributed by atoms with Gasteiger partial charge in [0.25, 0.3) is 5.91 Å². The predicted octanol–water partition coefficient (Wildman–Crippen LogP) is 3.74. The summed E-state index contributed by atoms with van der Waals surface area (Å²) in [6.45, 7) is 4.42. The van der Waals surface area contributed by atoms with Gasteiger partial charge in [-0.15, -0.1) is 0 Å². The van der Waals surface area contributed by atoms with Gasteiger partial charge in [0, 0.05) is 18.5 Å². The normalized spacial score (nSPS) is 17.7. The molecule has 1 unspecified atom stereocenters. The molecule has 1 aliphatic heterocycles. The van der Waals surface area contributed by atoms with Crippen LogP contribution >= 0.6 is 0 Å². The van der Waals surface area contributed by atoms with Gasteiger partial charge in [-0.2, -0.15) is 0 Å². The quantitative estimate of drug-likeness (QED) is 0.892. The van der Waals surface area contributed by atoms with Crippen molar-refractivity contribution in [3.63, 3.8) is 0 Å². The van der Waals surface area contributed by atoms with E-state index in [4.69, 9.17) is 13.9 Å². The van der Waals surface area contributed by atoms with Crippen LogP contribution in [0.5, 0.6) is 0 Å². The fourth-order valence-electron chi connectivity index (χ4n) is 3.43. The monoisotopic (exact) mass is 345 g/mol. The highest BCUT2D eigenvalue weighted by Gasteiger charge is 2.33. The zero-order chi connectivity index (χ0) is 18.0. The number of hydrogen-bond acceptors (Lipinski definition) is 4. The molecule has 0 spiro atoms. The van der Waals surface area contributed by atoms with Gasteiger partial charge in [-0.1, -0.05) is 6.92 Å². The summed E-state index contributed by atoms with van der Waals surface area (Å²) in [6.07, 6.45) is 4.76. The van der Waals surface area contributed by atoms with E-state index in [1.165, 1.54) is 6.26 Å². The van der Waals surface area contributed by atoms with Crippen molar-refractivity contribution in [1.82, 2.24) is 4.90 Å². The predicted molar refractivity (Wildman–Crippen MR) is 90.5 cm³/mol. The van der Waals surface area contributed by atoms with Gasteiger partial charge in [0.15, 0.2) is 0 Å². The second kappa shape index (κ2) is 7.17. The molecule has 1 atom stereocenters. The van der Waals surface area contributed by atoms with Crippen molar-refractivity contribution < 1.29 is 23.5 Å². The zero-order valence-electron chi connectivity index (χ0n) is 14.6. The summed E-state index contributed by atoms with van der Waals surface area (Å²) in [4.78, 5) is 26.0. The summed E-state index contributed by atoms with van der Waals surface area (Å²) >= 11 is 0. The van der Waals surface area contributed by atoms with Crippen LogP contribution in [0.4, 0.5) is 0 Å². The molecule has 2 aromatic rings. The highest BCUT2D eigenvalue weighted by molar-refractivity contribution is 5.97. The Morgan fingerprint density at radius 3 is 2.80 bits per heavy atom. The molecule has 25 heavy (non-hydrogen) atoms. The van der Waals surface area contributed by atoms with Crippen LogP contribution in [-0.2, 0) is 17.6 Å². The van der Waals surface area contributed by atoms with E-state index in [0.29, 0.717) is 17.7 Å². The summed E-state index contributed by atoms with van der Waals surface area (Å²) in [5.41, 5.74) is 1.04. The average molecular weight is 345 g/mol. The first-order valence-corrected chi connectivity index (χ1v) is 8.69. The van der Waals surface area contributed by atoms with E-state index in [1.54, 1.807) is 11.8 Å². The summed E-state index contributed by atoms with van der Waals surface area (Å²) < 4.78 is 11.2. The number of nitrogens with zero attached hydrogens (tertiary/aromatic N) is 1. The molecule has 6 heteroatoms. The Balaban J connectivity index is 1.91. The summed E-state index contributed by atoms with van der Waals surface area (Å²) in [7, 11) is 0. The topological polar surface area (TPSA) is 83.9 Å². The maximum Gasteiger partial charge on any atom is 0.311 e. The Bertz CT molecular complexity index is 773. The van der Waals surface area contributed by atoms with E-state index in [9.17, 15) is 9.59 Å². The maximum atomic E-state index is 13.2. The third-order valence-electron chi connectivity index (χ3n) is 4.70. The lowest BCUT2D eigenvalue weighted by Crippen LogP contribution is -2.39. The number of aliphatic carboxylic acids is 1. The van der Waals surface area contributed by atoms with Gasteiger partial charge in [0.05, 0.1) is 17.9 Å². The highest BCUT2D eigenvalue weighted by atomic mass is 16.4. The number of carbonyl (C=O) groups is 2. The van der Waals surface area contributed by atoms with Gasteiger partial charge in [0.1, 0.15) is 23.7 Å². The first-order chi connectivity index (χ1) is 12.0. The largest absolute Gasteiger partial charge is 0.481 e. The second-order valence-electron chi connectivity index (χ2n) is 6.46. The maximum absolute atomic E-state index is 13.2. The Morgan fingerprint density at radius 1 is 1.32 bits per heavy atom. The smallest absolute Gasteiger partial charge is 0.311 e. The molecule has 134 valence electrons. The van der Waals surface area contributed by atoms with Crippen molar-refractivity contribution in [3.05, 3.63) is 46.8 Å². The van der Waals surface area contributed by atoms with E-state index in [1.807, 2.05) is 19.1 Å². The average Bonchev–Trinajstić information content (AvgIpc) is 3.21. The minimum atomic E-state index is -1.02. The number of furan rings is 2. The molecule has 1 aliphatic rings. The van der Waals surface area contributed by atoms with Gasteiger partial charge in [-0.05, 0) is 38.3 Å². The molecular formula is C19H23NO5. The van der Waals surface area contributed by atoms with Crippen LogP contribution in [0.1, 0.15) is 65.4 Å². The van der Waals surface area contributed by atoms with Crippen LogP contribution in [0.25, 0.3) is 0 Å². The highest BCUT2D eigenvalue weighted by Crippen LogP contribution is 2.34. The Kier molecular flexibility index (Phi) is 4.97. The summed E-state index contributed by atoms with van der Waals surface area (Å²) in [5.74, 6) is 0.719. The van der Waals surface area contributed by atoms with Crippen molar-refractivity contribution in [2.75, 3.05) is 6.54 Å². The molecule has 1 amide bonds. The van der Waals surface area contributed by atoms with Gasteiger partial charge in [-0.25, -0.2) is 0 Å². The standard InChI is InChI=1S/C19H23NO5/c1-3-13-7-8-15(25-13)14-6-4-5-9-20(14)19(23)18-12(2)11-24-16(18)10-17(21)22/h7-8,11,14H,3-6,9-10H2,1-2H3,(H,21,22). The molecule has 0 bridgehead atoms. The van der Waals surface area contributed by atoms with E-state index < -0.39 is 5.97 Å². The van der Waals surface area contributed by atoms with Crippen molar-refractivity contribution >= 4 is 11.9 Å². The van der Waals surface area contributed by atoms with E-state index >= 15 is 0 Å². The fourth-order valence-corrected chi connectivity index (χ4v) is 3.43. The number of piperidine rings is 1. The van der Waals surface area contributed by atoms with E-state index in [2.05, 4.69) is 0 Å². The van der Waals surface area contributed by atoms with Crippen LogP contribution in [0, 0.1) is 6.92 Å². The third-order valence-corrected chi connectivity index (χ3v) is 4.70. The van der Waals surface area contributed by atoms with Crippen LogP contribution in [0.15, 0.2) is 27.2 Å². The lowest BCUT2D eigenvalue weighted by Gasteiger charge is -2.34. The third kappa shape index (κ3) is 3.48. The number of amides is 1. The van der Waals surface area contributed by atoms with Crippen molar-refractivity contribution in [2.45, 2.75) is 52.0 Å². The lowest BCUT2D eigenvalue weighted by atomic mass is 9.98. The van der Waals surface area contributed by atoms with Crippen LogP contribution < -0.4 is 0 Å². The molecular weight excluding hydrogens is 322 g/mol. The molecule has 2 aromatic heterocycles. The lowest BCUT2D eigenvalue weighted by molar-refractivity contribution is -0.136. The van der Waals surface area contributed by atoms with Crippen LogP contribution in [0.3, 0.4) is 0 Å². The molecule has 0 saturated carbocycles. The number of aryl methyl sites for hydroxylation is 2. The number of carboxylic acid groups (broad SMARTS) is 1. The Hall–Kier alpha value is -2.50. The van der Waals surface area contributed by atoms with Gasteiger partial charge in [-0.3, -0.25) is 9.59 Å². The minimum Gasteiger partial charge on any atom is -0.481 e. The molecule has 0 aromatic carbocycles. The van der Waals surface area contributed by atoms with Crippen molar-refractivity contribution in [2.24, 2.45) is 0 Å². The van der Waals surface area contributed by atoms with Crippen LogP contribution in [0.2, 0.25) is 0 Å². The first-order valence-electron chi connectivity index (χ1n) is 8.69. The fraction of sp³-hybridized carbons (Fsp3) is 0.474. The molecule has 3 rings (SSSR count). The molecule has 1 saturated heterocycles. The molecule has 6 nitrogen and oxygen atoms in total. The van der Waals surface area contributed by atoms with E-state index in [-0.39, 0.29) is 24.1 Å². The number of hydrogen-bond donors (Lipinski definition) is 1. The first kappa shape index (κ1) is 17.3. The van der Waals surface area contributed by atoms with Gasteiger partial charge >= 0.3 is 5.97 Å². The van der Waals surface area contributed by atoms with Gasteiger partial charge in [0.2, 0.25) is 0 Å². The van der Waals surface area contributed by atoms with Crippen LogP contribution in [-0.4, -0.2) is 28.4 Å². The number of likely N-dealkylation sites (tertiary alicyclic amines) is 1. The van der Waals surface area contributed by atoms with E-state index in [0.717, 1.165) is 37.2 Å². The number of carboxylic acids is 1. The SMILES string of the molecule is CCc1ccc(C2CCCCN2C(=O)c2c(C)coc2CC(=O)O)o1. The number of carbonyl (C=O) groups excluding carboxylic acids is 1. The molecule has 1 fully saturated rings. The Labute approximate surface area is 146 Å². The summed E-state index contributed by atoms with van der Waals surface area (Å²) in [5, 5.41) is 9.05. The number of rotatable bonds is 5. The molecule has 3 heterocycles. The molecule has 0 radical (unpaired) electrons. The molecule has 0 aliphatic carbocycles. The minimum absolute atomic E-state index is 0.117.